The molecule has 0 atom stereocenters. The van der Waals surface area contributed by atoms with Crippen LogP contribution in [0, 0.1) is 0 Å². The molecule has 0 radical (unpaired) electrons. The molecule has 2 nitrogen and oxygen atoms in total. The summed E-state index contributed by atoms with van der Waals surface area (Å²) in [5.74, 6) is -0.272. The number of halogens is 1. The normalized spacial score (nSPS) is 11.9. The summed E-state index contributed by atoms with van der Waals surface area (Å²) >= 11 is 3.24. The predicted molar refractivity (Wildman–Crippen MR) is 53.1 cm³/mol. The van der Waals surface area contributed by atoms with E-state index in [4.69, 9.17) is 4.74 Å². The quantitative estimate of drug-likeness (QED) is 0.424. The van der Waals surface area contributed by atoms with Crippen LogP contribution in [0.15, 0.2) is 22.7 Å². The summed E-state index contributed by atoms with van der Waals surface area (Å²) in [6, 6.07) is 0. The van der Waals surface area contributed by atoms with E-state index in [0.29, 0.717) is 18.6 Å². The summed E-state index contributed by atoms with van der Waals surface area (Å²) in [4.78, 5) is 11.2. The number of rotatable bonds is 4. The van der Waals surface area contributed by atoms with Crippen LogP contribution >= 0.6 is 15.9 Å². The first kappa shape index (κ1) is 11.4. The van der Waals surface area contributed by atoms with Crippen molar-refractivity contribution in [1.82, 2.24) is 0 Å². The second kappa shape index (κ2) is 6.00. The number of carbonyl (C=O) groups excluding carboxylic acids is 1. The van der Waals surface area contributed by atoms with Gasteiger partial charge in [0, 0.05) is 4.48 Å². The van der Waals surface area contributed by atoms with Gasteiger partial charge in [-0.3, -0.25) is 0 Å². The van der Waals surface area contributed by atoms with Gasteiger partial charge in [0.15, 0.2) is 0 Å². The lowest BCUT2D eigenvalue weighted by Gasteiger charge is -2.04. The topological polar surface area (TPSA) is 26.3 Å². The number of carbonyl (C=O) groups is 1. The Bertz CT molecular complexity index is 203. The first-order valence-corrected chi connectivity index (χ1v) is 4.56. The van der Waals surface area contributed by atoms with Crippen molar-refractivity contribution in [3.8, 4) is 0 Å². The molecule has 0 saturated carbocycles. The highest BCUT2D eigenvalue weighted by Crippen LogP contribution is 2.16. The summed E-state index contributed by atoms with van der Waals surface area (Å²) in [5, 5.41) is 0. The Morgan fingerprint density at radius 2 is 2.25 bits per heavy atom. The van der Waals surface area contributed by atoms with E-state index in [0.717, 1.165) is 4.48 Å². The molecule has 0 aliphatic rings. The van der Waals surface area contributed by atoms with Gasteiger partial charge in [0.05, 0.1) is 12.2 Å². The molecule has 68 valence electrons. The minimum absolute atomic E-state index is 0.272. The van der Waals surface area contributed by atoms with Crippen molar-refractivity contribution >= 4 is 21.9 Å². The molecule has 0 amide bonds. The molecule has 0 rings (SSSR count). The van der Waals surface area contributed by atoms with Crippen LogP contribution in [0.2, 0.25) is 0 Å². The number of allylic oxidation sites excluding steroid dienone is 2. The summed E-state index contributed by atoms with van der Waals surface area (Å²) < 4.78 is 5.65. The van der Waals surface area contributed by atoms with Gasteiger partial charge in [0.2, 0.25) is 0 Å². The van der Waals surface area contributed by atoms with Gasteiger partial charge in [-0.1, -0.05) is 22.0 Å². The first-order chi connectivity index (χ1) is 5.63. The fraction of sp³-hybridized carbons (Fsp3) is 0.444. The predicted octanol–water partition coefficient (Wildman–Crippen LogP) is 2.79. The molecule has 0 heterocycles. The van der Waals surface area contributed by atoms with Gasteiger partial charge in [-0.2, -0.15) is 0 Å². The van der Waals surface area contributed by atoms with Crippen molar-refractivity contribution in [2.75, 3.05) is 6.61 Å². The van der Waals surface area contributed by atoms with Crippen molar-refractivity contribution in [2.45, 2.75) is 20.3 Å². The van der Waals surface area contributed by atoms with Crippen LogP contribution in [0.5, 0.6) is 0 Å². The average Bonchev–Trinajstić information content (AvgIpc) is 1.99. The van der Waals surface area contributed by atoms with Gasteiger partial charge in [-0.25, -0.2) is 4.79 Å². The molecule has 0 saturated heterocycles. The number of esters is 1. The SMILES string of the molecule is C=CC/C(C(=O)OCC)=C(/C)Br. The van der Waals surface area contributed by atoms with E-state index in [9.17, 15) is 4.79 Å². The molecule has 0 fully saturated rings. The maximum absolute atomic E-state index is 11.2. The molecule has 0 N–H and O–H groups in total. The number of hydrogen-bond donors (Lipinski definition) is 0. The smallest absolute Gasteiger partial charge is 0.335 e. The third kappa shape index (κ3) is 3.72. The zero-order valence-electron chi connectivity index (χ0n) is 7.39. The molecule has 12 heavy (non-hydrogen) atoms. The highest BCUT2D eigenvalue weighted by molar-refractivity contribution is 9.11. The van der Waals surface area contributed by atoms with Crippen LogP contribution in [0.4, 0.5) is 0 Å². The first-order valence-electron chi connectivity index (χ1n) is 3.76. The van der Waals surface area contributed by atoms with Crippen LogP contribution in [0.1, 0.15) is 20.3 Å². The number of hydrogen-bond acceptors (Lipinski definition) is 2. The van der Waals surface area contributed by atoms with Crippen molar-refractivity contribution in [3.63, 3.8) is 0 Å². The van der Waals surface area contributed by atoms with Gasteiger partial charge in [0.1, 0.15) is 0 Å². The molecular weight excluding hydrogens is 220 g/mol. The van der Waals surface area contributed by atoms with Crippen molar-refractivity contribution < 1.29 is 9.53 Å². The Morgan fingerprint density at radius 1 is 1.67 bits per heavy atom. The van der Waals surface area contributed by atoms with E-state index in [1.54, 1.807) is 13.0 Å². The second-order valence-corrected chi connectivity index (χ2v) is 3.41. The maximum Gasteiger partial charge on any atom is 0.335 e. The standard InChI is InChI=1S/C9H13BrO2/c1-4-6-8(7(3)10)9(11)12-5-2/h4H,1,5-6H2,2-3H3/b8-7+. The summed E-state index contributed by atoms with van der Waals surface area (Å²) in [7, 11) is 0. The van der Waals surface area contributed by atoms with Gasteiger partial charge < -0.3 is 4.74 Å². The fourth-order valence-electron chi connectivity index (χ4n) is 0.727. The largest absolute Gasteiger partial charge is 0.463 e. The van der Waals surface area contributed by atoms with Crippen LogP contribution in [0.3, 0.4) is 0 Å². The van der Waals surface area contributed by atoms with E-state index < -0.39 is 0 Å². The Kier molecular flexibility index (Phi) is 5.72. The summed E-state index contributed by atoms with van der Waals surface area (Å²) in [6.07, 6.45) is 2.22. The molecular formula is C9H13BrO2. The zero-order valence-corrected chi connectivity index (χ0v) is 8.98. The molecule has 0 aliphatic heterocycles. The van der Waals surface area contributed by atoms with E-state index >= 15 is 0 Å². The lowest BCUT2D eigenvalue weighted by atomic mass is 10.2. The Balaban J connectivity index is 4.42. The van der Waals surface area contributed by atoms with Crippen LogP contribution in [-0.4, -0.2) is 12.6 Å². The molecule has 0 aromatic heterocycles. The van der Waals surface area contributed by atoms with E-state index in [1.807, 2.05) is 6.92 Å². The second-order valence-electron chi connectivity index (χ2n) is 2.23. The van der Waals surface area contributed by atoms with Gasteiger partial charge in [0.25, 0.3) is 0 Å². The van der Waals surface area contributed by atoms with E-state index in [-0.39, 0.29) is 5.97 Å². The van der Waals surface area contributed by atoms with Crippen molar-refractivity contribution in [1.29, 1.82) is 0 Å². The highest BCUT2D eigenvalue weighted by atomic mass is 79.9. The van der Waals surface area contributed by atoms with Crippen LogP contribution in [-0.2, 0) is 9.53 Å². The van der Waals surface area contributed by atoms with Gasteiger partial charge in [-0.15, -0.1) is 6.58 Å². The monoisotopic (exact) mass is 232 g/mol. The lowest BCUT2D eigenvalue weighted by molar-refractivity contribution is -0.138. The van der Waals surface area contributed by atoms with Crippen molar-refractivity contribution in [3.05, 3.63) is 22.7 Å². The van der Waals surface area contributed by atoms with Gasteiger partial charge >= 0.3 is 5.97 Å². The van der Waals surface area contributed by atoms with Crippen molar-refractivity contribution in [2.24, 2.45) is 0 Å². The maximum atomic E-state index is 11.2. The van der Waals surface area contributed by atoms with Gasteiger partial charge in [-0.05, 0) is 20.3 Å². The molecule has 0 aromatic rings. The molecule has 0 aromatic carbocycles. The molecule has 3 heteroatoms. The summed E-state index contributed by atoms with van der Waals surface area (Å²) in [6.45, 7) is 7.57. The van der Waals surface area contributed by atoms with E-state index in [2.05, 4.69) is 22.5 Å². The average molecular weight is 233 g/mol. The molecule has 0 bridgehead atoms. The van der Waals surface area contributed by atoms with Crippen LogP contribution < -0.4 is 0 Å². The molecule has 0 aliphatic carbocycles. The Morgan fingerprint density at radius 3 is 2.58 bits per heavy atom. The fourth-order valence-corrected chi connectivity index (χ4v) is 1.05. The minimum Gasteiger partial charge on any atom is -0.463 e. The Hall–Kier alpha value is -0.570. The Labute approximate surface area is 81.4 Å². The third-order valence-corrected chi connectivity index (χ3v) is 1.76. The zero-order chi connectivity index (χ0) is 9.56. The molecule has 0 unspecified atom stereocenters. The number of ether oxygens (including phenoxy) is 1. The third-order valence-electron chi connectivity index (χ3n) is 1.29. The minimum atomic E-state index is -0.272. The van der Waals surface area contributed by atoms with E-state index in [1.165, 1.54) is 0 Å². The molecule has 0 spiro atoms. The summed E-state index contributed by atoms with van der Waals surface area (Å²) in [5.41, 5.74) is 0.631. The lowest BCUT2D eigenvalue weighted by Crippen LogP contribution is -2.07. The highest BCUT2D eigenvalue weighted by Gasteiger charge is 2.10. The van der Waals surface area contributed by atoms with Crippen LogP contribution in [0.25, 0.3) is 0 Å².